The van der Waals surface area contributed by atoms with Crippen molar-refractivity contribution in [3.05, 3.63) is 0 Å². The Morgan fingerprint density at radius 3 is 2.85 bits per heavy atom. The van der Waals surface area contributed by atoms with E-state index in [0.29, 0.717) is 18.7 Å². The molecule has 0 aromatic heterocycles. The fourth-order valence-electron chi connectivity index (χ4n) is 1.22. The quantitative estimate of drug-likeness (QED) is 0.630. The van der Waals surface area contributed by atoms with Crippen LogP contribution < -0.4 is 0 Å². The van der Waals surface area contributed by atoms with E-state index >= 15 is 0 Å². The Morgan fingerprint density at radius 1 is 1.62 bits per heavy atom. The Morgan fingerprint density at radius 2 is 2.31 bits per heavy atom. The van der Waals surface area contributed by atoms with Gasteiger partial charge in [0, 0.05) is 23.8 Å². The summed E-state index contributed by atoms with van der Waals surface area (Å²) in [6, 6.07) is 0. The molecule has 0 spiro atoms. The van der Waals surface area contributed by atoms with Gasteiger partial charge in [-0.15, -0.1) is 0 Å². The largest absolute Gasteiger partial charge is 0.327 e. The summed E-state index contributed by atoms with van der Waals surface area (Å²) in [4.78, 5) is 12.0. The highest BCUT2D eigenvalue weighted by Gasteiger charge is 2.31. The van der Waals surface area contributed by atoms with Crippen molar-refractivity contribution in [3.63, 3.8) is 0 Å². The summed E-state index contributed by atoms with van der Waals surface area (Å²) in [6.45, 7) is 2.15. The molecule has 0 radical (unpaired) electrons. The predicted octanol–water partition coefficient (Wildman–Crippen LogP) is -0.0476. The van der Waals surface area contributed by atoms with Crippen molar-refractivity contribution in [2.24, 2.45) is 0 Å². The van der Waals surface area contributed by atoms with E-state index in [-0.39, 0.29) is 5.75 Å². The van der Waals surface area contributed by atoms with Gasteiger partial charge < -0.3 is 4.90 Å². The molecule has 0 N–H and O–H groups in total. The Kier molecular flexibility index (Phi) is 3.61. The first-order valence-corrected chi connectivity index (χ1v) is 6.99. The van der Waals surface area contributed by atoms with Gasteiger partial charge in [0.25, 0.3) is 0 Å². The van der Waals surface area contributed by atoms with Crippen LogP contribution in [0.15, 0.2) is 0 Å². The fourth-order valence-corrected chi connectivity index (χ4v) is 4.19. The van der Waals surface area contributed by atoms with Crippen LogP contribution in [0.2, 0.25) is 0 Å². The number of nitrogens with zero attached hydrogens (tertiary/aromatic N) is 1. The van der Waals surface area contributed by atoms with E-state index in [1.807, 2.05) is 0 Å². The van der Waals surface area contributed by atoms with Crippen molar-refractivity contribution in [1.82, 2.24) is 4.90 Å². The highest BCUT2D eigenvalue weighted by atomic mass is 32.2. The number of hydrogen-bond donors (Lipinski definition) is 0. The number of rotatable bonds is 3. The molecule has 1 fully saturated rings. The second kappa shape index (κ2) is 4.32. The molecule has 1 unspecified atom stereocenters. The molecule has 0 saturated carbocycles. The van der Waals surface area contributed by atoms with Crippen LogP contribution >= 0.6 is 11.8 Å². The summed E-state index contributed by atoms with van der Waals surface area (Å²) in [7, 11) is -3.11. The molecule has 1 rings (SSSR count). The lowest BCUT2D eigenvalue weighted by molar-refractivity contribution is -0.118. The van der Waals surface area contributed by atoms with Crippen LogP contribution in [0, 0.1) is 0 Å². The van der Waals surface area contributed by atoms with Gasteiger partial charge in [0.2, 0.25) is 6.41 Å². The highest BCUT2D eigenvalue weighted by molar-refractivity contribution is 8.01. The van der Waals surface area contributed by atoms with E-state index in [1.54, 1.807) is 18.7 Å². The molecule has 0 aliphatic carbocycles. The third kappa shape index (κ3) is 2.37. The number of hydrogen-bond acceptors (Lipinski definition) is 4. The zero-order valence-electron chi connectivity index (χ0n) is 7.47. The van der Waals surface area contributed by atoms with E-state index in [9.17, 15) is 13.2 Å². The minimum absolute atomic E-state index is 0.0998. The Bertz CT molecular complexity index is 275. The number of carbonyl (C=O) groups excluding carboxylic acids is 1. The third-order valence-corrected chi connectivity index (χ3v) is 5.38. The van der Waals surface area contributed by atoms with Crippen molar-refractivity contribution in [2.45, 2.75) is 12.3 Å². The Balaban J connectivity index is 2.81. The minimum atomic E-state index is -3.11. The Labute approximate surface area is 82.6 Å². The Hall–Kier alpha value is -0.230. The fraction of sp³-hybridized carbons (Fsp3) is 0.857. The van der Waals surface area contributed by atoms with Crippen LogP contribution in [0.3, 0.4) is 0 Å². The van der Waals surface area contributed by atoms with Gasteiger partial charge in [0.05, 0.1) is 0 Å². The van der Waals surface area contributed by atoms with Gasteiger partial charge in [-0.25, -0.2) is 8.42 Å². The third-order valence-electron chi connectivity index (χ3n) is 2.08. The van der Waals surface area contributed by atoms with E-state index in [0.717, 1.165) is 5.75 Å². The van der Waals surface area contributed by atoms with E-state index in [4.69, 9.17) is 0 Å². The van der Waals surface area contributed by atoms with E-state index < -0.39 is 15.2 Å². The normalized spacial score (nSPS) is 24.4. The summed E-state index contributed by atoms with van der Waals surface area (Å²) in [6.07, 6.45) is 0.637. The standard InChI is InChI=1S/C7H13NO3S2/c1-2-13(10,11)7-5-12-4-3-8(7)6-9/h6-7H,2-5H2,1H3. The summed E-state index contributed by atoms with van der Waals surface area (Å²) in [5.74, 6) is 1.44. The molecule has 1 heterocycles. The van der Waals surface area contributed by atoms with Crippen molar-refractivity contribution in [2.75, 3.05) is 23.8 Å². The zero-order valence-corrected chi connectivity index (χ0v) is 9.10. The lowest BCUT2D eigenvalue weighted by atomic mass is 10.5. The van der Waals surface area contributed by atoms with E-state index in [1.165, 1.54) is 4.90 Å². The first-order chi connectivity index (χ1) is 6.11. The van der Waals surface area contributed by atoms with Crippen molar-refractivity contribution in [3.8, 4) is 0 Å². The SMILES string of the molecule is CCS(=O)(=O)C1CSCCN1C=O. The molecular formula is C7H13NO3S2. The van der Waals surface area contributed by atoms with Crippen molar-refractivity contribution < 1.29 is 13.2 Å². The van der Waals surface area contributed by atoms with Gasteiger partial charge in [0.1, 0.15) is 5.37 Å². The van der Waals surface area contributed by atoms with Gasteiger partial charge in [-0.2, -0.15) is 11.8 Å². The molecule has 0 aromatic carbocycles. The van der Waals surface area contributed by atoms with Gasteiger partial charge >= 0.3 is 0 Å². The lowest BCUT2D eigenvalue weighted by Crippen LogP contribution is -2.46. The summed E-state index contributed by atoms with van der Waals surface area (Å²) in [5, 5.41) is -0.603. The highest BCUT2D eigenvalue weighted by Crippen LogP contribution is 2.19. The van der Waals surface area contributed by atoms with Crippen LogP contribution in [0.1, 0.15) is 6.92 Å². The van der Waals surface area contributed by atoms with Gasteiger partial charge in [-0.3, -0.25) is 4.79 Å². The average molecular weight is 223 g/mol. The molecule has 1 saturated heterocycles. The first-order valence-electron chi connectivity index (χ1n) is 4.12. The van der Waals surface area contributed by atoms with Crippen LogP contribution in [0.5, 0.6) is 0 Å². The average Bonchev–Trinajstić information content (AvgIpc) is 2.18. The molecule has 76 valence electrons. The maximum Gasteiger partial charge on any atom is 0.210 e. The number of amides is 1. The van der Waals surface area contributed by atoms with E-state index in [2.05, 4.69) is 0 Å². The minimum Gasteiger partial charge on any atom is -0.327 e. The van der Waals surface area contributed by atoms with Crippen LogP contribution in [0.4, 0.5) is 0 Å². The zero-order chi connectivity index (χ0) is 9.90. The van der Waals surface area contributed by atoms with Gasteiger partial charge in [0.15, 0.2) is 9.84 Å². The van der Waals surface area contributed by atoms with Gasteiger partial charge in [-0.1, -0.05) is 6.92 Å². The smallest absolute Gasteiger partial charge is 0.210 e. The number of thioether (sulfide) groups is 1. The second-order valence-electron chi connectivity index (χ2n) is 2.82. The van der Waals surface area contributed by atoms with Crippen LogP contribution in [-0.4, -0.2) is 48.9 Å². The maximum atomic E-state index is 11.5. The molecule has 6 heteroatoms. The maximum absolute atomic E-state index is 11.5. The summed E-state index contributed by atoms with van der Waals surface area (Å²) in [5.41, 5.74) is 0. The molecule has 13 heavy (non-hydrogen) atoms. The molecule has 1 aliphatic rings. The number of carbonyl (C=O) groups is 1. The lowest BCUT2D eigenvalue weighted by Gasteiger charge is -2.31. The molecule has 4 nitrogen and oxygen atoms in total. The van der Waals surface area contributed by atoms with Crippen LogP contribution in [-0.2, 0) is 14.6 Å². The molecule has 1 aliphatic heterocycles. The van der Waals surface area contributed by atoms with Crippen molar-refractivity contribution in [1.29, 1.82) is 0 Å². The summed E-state index contributed by atoms with van der Waals surface area (Å²) < 4.78 is 23.0. The van der Waals surface area contributed by atoms with Gasteiger partial charge in [-0.05, 0) is 0 Å². The monoisotopic (exact) mass is 223 g/mol. The molecule has 1 atom stereocenters. The van der Waals surface area contributed by atoms with Crippen molar-refractivity contribution >= 4 is 28.0 Å². The summed E-state index contributed by atoms with van der Waals surface area (Å²) >= 11 is 1.58. The molecule has 0 bridgehead atoms. The molecule has 0 aromatic rings. The predicted molar refractivity (Wildman–Crippen MR) is 53.3 cm³/mol. The molecule has 1 amide bonds. The van der Waals surface area contributed by atoms with Crippen LogP contribution in [0.25, 0.3) is 0 Å². The molecular weight excluding hydrogens is 210 g/mol. The topological polar surface area (TPSA) is 54.5 Å². The first kappa shape index (κ1) is 10.8. The number of sulfone groups is 1. The second-order valence-corrected chi connectivity index (χ2v) is 6.42.